The van der Waals surface area contributed by atoms with Crippen LogP contribution in [-0.2, 0) is 10.0 Å². The fourth-order valence-corrected chi connectivity index (χ4v) is 3.84. The van der Waals surface area contributed by atoms with Crippen molar-refractivity contribution in [3.05, 3.63) is 22.4 Å². The predicted octanol–water partition coefficient (Wildman–Crippen LogP) is 3.20. The van der Waals surface area contributed by atoms with Gasteiger partial charge in [0.15, 0.2) is 0 Å². The van der Waals surface area contributed by atoms with Gasteiger partial charge in [-0.1, -0.05) is 23.2 Å². The van der Waals surface area contributed by atoms with E-state index >= 15 is 0 Å². The first-order valence-corrected chi connectivity index (χ1v) is 8.35. The summed E-state index contributed by atoms with van der Waals surface area (Å²) < 4.78 is 26.7. The summed E-state index contributed by atoms with van der Waals surface area (Å²) in [5.74, 6) is 0.480. The van der Waals surface area contributed by atoms with Gasteiger partial charge in [0.2, 0.25) is 10.0 Å². The van der Waals surface area contributed by atoms with E-state index in [1.54, 1.807) is 0 Å². The molecule has 1 aromatic heterocycles. The number of hydrogen-bond acceptors (Lipinski definition) is 3. The van der Waals surface area contributed by atoms with Gasteiger partial charge in [-0.15, -0.1) is 0 Å². The quantitative estimate of drug-likeness (QED) is 0.782. The molecule has 7 heteroatoms. The van der Waals surface area contributed by atoms with E-state index in [1.807, 2.05) is 13.8 Å². The Morgan fingerprint density at radius 1 is 1.42 bits per heavy atom. The molecular formula is C12H16Cl2N2O2S. The Labute approximate surface area is 123 Å². The highest BCUT2D eigenvalue weighted by Crippen LogP contribution is 2.33. The maximum Gasteiger partial charge on any atom is 0.244 e. The van der Waals surface area contributed by atoms with Gasteiger partial charge in [-0.2, -0.15) is 4.31 Å². The van der Waals surface area contributed by atoms with Crippen LogP contribution in [0.15, 0.2) is 17.2 Å². The van der Waals surface area contributed by atoms with Gasteiger partial charge in [-0.05, 0) is 38.7 Å². The molecule has 1 heterocycles. The molecule has 0 bridgehead atoms. The zero-order valence-corrected chi connectivity index (χ0v) is 13.1. The van der Waals surface area contributed by atoms with Crippen molar-refractivity contribution in [2.24, 2.45) is 5.92 Å². The second-order valence-corrected chi connectivity index (χ2v) is 7.71. The zero-order chi connectivity index (χ0) is 14.2. The molecule has 1 aromatic rings. The van der Waals surface area contributed by atoms with Gasteiger partial charge < -0.3 is 0 Å². The lowest BCUT2D eigenvalue weighted by molar-refractivity contribution is 0.341. The Morgan fingerprint density at radius 3 is 2.53 bits per heavy atom. The molecule has 0 spiro atoms. The van der Waals surface area contributed by atoms with Gasteiger partial charge in [0.25, 0.3) is 0 Å². The van der Waals surface area contributed by atoms with Crippen LogP contribution in [0.2, 0.25) is 10.2 Å². The third kappa shape index (κ3) is 3.40. The SMILES string of the molecule is CC(C)N(CC1CC1)S(=O)(=O)c1cnc(Cl)c(Cl)c1. The summed E-state index contributed by atoms with van der Waals surface area (Å²) in [6.07, 6.45) is 3.45. The molecule has 1 fully saturated rings. The monoisotopic (exact) mass is 322 g/mol. The minimum atomic E-state index is -3.57. The smallest absolute Gasteiger partial charge is 0.242 e. The van der Waals surface area contributed by atoms with Gasteiger partial charge in [0.1, 0.15) is 10.0 Å². The Morgan fingerprint density at radius 2 is 2.05 bits per heavy atom. The van der Waals surface area contributed by atoms with Crippen molar-refractivity contribution in [1.82, 2.24) is 9.29 Å². The highest BCUT2D eigenvalue weighted by Gasteiger charge is 2.33. The average molecular weight is 323 g/mol. The summed E-state index contributed by atoms with van der Waals surface area (Å²) >= 11 is 11.6. The Bertz CT molecular complexity index is 571. The Kier molecular flexibility index (Phi) is 4.40. The molecule has 0 amide bonds. The maximum absolute atomic E-state index is 12.6. The van der Waals surface area contributed by atoms with E-state index in [0.29, 0.717) is 12.5 Å². The lowest BCUT2D eigenvalue weighted by Crippen LogP contribution is -2.38. The molecule has 1 saturated carbocycles. The fraction of sp³-hybridized carbons (Fsp3) is 0.583. The van der Waals surface area contributed by atoms with Crippen LogP contribution in [0.25, 0.3) is 0 Å². The number of sulfonamides is 1. The normalized spacial score (nSPS) is 16.3. The maximum atomic E-state index is 12.6. The van der Waals surface area contributed by atoms with Gasteiger partial charge in [-0.25, -0.2) is 13.4 Å². The van der Waals surface area contributed by atoms with Crippen molar-refractivity contribution in [2.75, 3.05) is 6.54 Å². The van der Waals surface area contributed by atoms with Crippen molar-refractivity contribution in [2.45, 2.75) is 37.6 Å². The molecule has 0 radical (unpaired) electrons. The van der Waals surface area contributed by atoms with Gasteiger partial charge in [0.05, 0.1) is 5.02 Å². The minimum absolute atomic E-state index is 0.0938. The standard InChI is InChI=1S/C12H16Cl2N2O2S/c1-8(2)16(7-9-3-4-9)19(17,18)10-5-11(13)12(14)15-6-10/h5-6,8-9H,3-4,7H2,1-2H3. The van der Waals surface area contributed by atoms with Gasteiger partial charge in [0, 0.05) is 18.8 Å². The molecule has 0 aliphatic heterocycles. The summed E-state index contributed by atoms with van der Waals surface area (Å²) in [5, 5.41) is 0.261. The molecule has 0 atom stereocenters. The first-order valence-electron chi connectivity index (χ1n) is 6.15. The zero-order valence-electron chi connectivity index (χ0n) is 10.8. The molecule has 1 aliphatic carbocycles. The van der Waals surface area contributed by atoms with Gasteiger partial charge >= 0.3 is 0 Å². The number of aromatic nitrogens is 1. The van der Waals surface area contributed by atoms with Crippen LogP contribution in [0, 0.1) is 5.92 Å². The van der Waals surface area contributed by atoms with E-state index in [9.17, 15) is 8.42 Å². The summed E-state index contributed by atoms with van der Waals surface area (Å²) in [7, 11) is -3.57. The first-order chi connectivity index (χ1) is 8.82. The highest BCUT2D eigenvalue weighted by molar-refractivity contribution is 7.89. The van der Waals surface area contributed by atoms with E-state index in [4.69, 9.17) is 23.2 Å². The topological polar surface area (TPSA) is 50.3 Å². The lowest BCUT2D eigenvalue weighted by Gasteiger charge is -2.25. The van der Waals surface area contributed by atoms with E-state index < -0.39 is 10.0 Å². The van der Waals surface area contributed by atoms with E-state index in [2.05, 4.69) is 4.98 Å². The van der Waals surface area contributed by atoms with E-state index in [-0.39, 0.29) is 21.1 Å². The van der Waals surface area contributed by atoms with Crippen LogP contribution in [-0.4, -0.2) is 30.3 Å². The average Bonchev–Trinajstić information content (AvgIpc) is 3.12. The van der Waals surface area contributed by atoms with Crippen LogP contribution < -0.4 is 0 Å². The lowest BCUT2D eigenvalue weighted by atomic mass is 10.3. The predicted molar refractivity (Wildman–Crippen MR) is 76.0 cm³/mol. The van der Waals surface area contributed by atoms with Gasteiger partial charge in [-0.3, -0.25) is 0 Å². The molecule has 2 rings (SSSR count). The second-order valence-electron chi connectivity index (χ2n) is 5.06. The molecule has 1 aliphatic rings. The van der Waals surface area contributed by atoms with Crippen LogP contribution in [0.5, 0.6) is 0 Å². The number of hydrogen-bond donors (Lipinski definition) is 0. The van der Waals surface area contributed by atoms with E-state index in [1.165, 1.54) is 16.6 Å². The molecule has 0 N–H and O–H groups in total. The molecule has 0 saturated heterocycles. The molecule has 4 nitrogen and oxygen atoms in total. The van der Waals surface area contributed by atoms with Crippen LogP contribution in [0.1, 0.15) is 26.7 Å². The number of pyridine rings is 1. The summed E-state index contributed by atoms with van der Waals surface area (Å²) in [6.45, 7) is 4.29. The third-order valence-corrected chi connectivity index (χ3v) is 5.78. The summed E-state index contributed by atoms with van der Waals surface area (Å²) in [4.78, 5) is 3.90. The van der Waals surface area contributed by atoms with Crippen molar-refractivity contribution < 1.29 is 8.42 Å². The third-order valence-electron chi connectivity index (χ3n) is 3.09. The van der Waals surface area contributed by atoms with Crippen LogP contribution >= 0.6 is 23.2 Å². The Balaban J connectivity index is 2.34. The van der Waals surface area contributed by atoms with Crippen molar-refractivity contribution in [3.8, 4) is 0 Å². The summed E-state index contributed by atoms with van der Waals surface area (Å²) in [6, 6.07) is 1.26. The molecule has 0 unspecified atom stereocenters. The van der Waals surface area contributed by atoms with Crippen molar-refractivity contribution >= 4 is 33.2 Å². The van der Waals surface area contributed by atoms with Crippen LogP contribution in [0.3, 0.4) is 0 Å². The first kappa shape index (κ1) is 15.0. The molecule has 0 aromatic carbocycles. The molecule has 106 valence electrons. The molecular weight excluding hydrogens is 307 g/mol. The van der Waals surface area contributed by atoms with Crippen molar-refractivity contribution in [3.63, 3.8) is 0 Å². The fourth-order valence-electron chi connectivity index (χ4n) is 1.82. The van der Waals surface area contributed by atoms with Crippen LogP contribution in [0.4, 0.5) is 0 Å². The molecule has 19 heavy (non-hydrogen) atoms. The largest absolute Gasteiger partial charge is 0.244 e. The highest BCUT2D eigenvalue weighted by atomic mass is 35.5. The number of nitrogens with zero attached hydrogens (tertiary/aromatic N) is 2. The Hall–Kier alpha value is -0.360. The number of halogens is 2. The minimum Gasteiger partial charge on any atom is -0.242 e. The summed E-state index contributed by atoms with van der Waals surface area (Å²) in [5.41, 5.74) is 0. The van der Waals surface area contributed by atoms with Crippen molar-refractivity contribution in [1.29, 1.82) is 0 Å². The second kappa shape index (κ2) is 5.56. The number of rotatable bonds is 5. The van der Waals surface area contributed by atoms with E-state index in [0.717, 1.165) is 12.8 Å².